The van der Waals surface area contributed by atoms with Gasteiger partial charge in [0.2, 0.25) is 0 Å². The second-order valence-electron chi connectivity index (χ2n) is 4.44. The Morgan fingerprint density at radius 2 is 2.00 bits per heavy atom. The Labute approximate surface area is 90.2 Å². The molecule has 15 heavy (non-hydrogen) atoms. The zero-order valence-electron chi connectivity index (χ0n) is 8.76. The van der Waals surface area contributed by atoms with Crippen molar-refractivity contribution in [3.63, 3.8) is 0 Å². The van der Waals surface area contributed by atoms with E-state index in [1.54, 1.807) is 0 Å². The zero-order chi connectivity index (χ0) is 10.1. The molecular weight excluding hydrogens is 188 g/mol. The molecule has 0 bridgehead atoms. The van der Waals surface area contributed by atoms with Gasteiger partial charge in [-0.25, -0.2) is 0 Å². The molecule has 0 radical (unpaired) electrons. The van der Waals surface area contributed by atoms with Crippen molar-refractivity contribution in [3.8, 4) is 0 Å². The molecule has 0 unspecified atom stereocenters. The van der Waals surface area contributed by atoms with Crippen molar-refractivity contribution in [1.82, 2.24) is 0 Å². The molecule has 1 saturated carbocycles. The molecule has 1 aromatic carbocycles. The highest BCUT2D eigenvalue weighted by atomic mass is 16.6. The van der Waals surface area contributed by atoms with Crippen molar-refractivity contribution < 1.29 is 9.47 Å². The van der Waals surface area contributed by atoms with E-state index in [4.69, 9.17) is 9.47 Å². The largest absolute Gasteiger partial charge is 0.373 e. The summed E-state index contributed by atoms with van der Waals surface area (Å²) in [5.74, 6) is 0. The number of benzene rings is 1. The summed E-state index contributed by atoms with van der Waals surface area (Å²) < 4.78 is 11.4. The van der Waals surface area contributed by atoms with Gasteiger partial charge in [-0.05, 0) is 18.4 Å². The molecule has 0 aromatic heterocycles. The van der Waals surface area contributed by atoms with Crippen molar-refractivity contribution in [2.24, 2.45) is 0 Å². The molecule has 0 amide bonds. The minimum atomic E-state index is 0.411. The molecule has 3 rings (SSSR count). The maximum absolute atomic E-state index is 5.89. The Kier molecular flexibility index (Phi) is 2.47. The molecule has 1 aromatic rings. The fourth-order valence-corrected chi connectivity index (χ4v) is 2.31. The maximum atomic E-state index is 5.89. The van der Waals surface area contributed by atoms with Gasteiger partial charge >= 0.3 is 0 Å². The van der Waals surface area contributed by atoms with Crippen molar-refractivity contribution >= 4 is 0 Å². The highest BCUT2D eigenvalue weighted by Gasteiger charge is 2.44. The second kappa shape index (κ2) is 3.95. The number of fused-ring (bicyclic) bond motifs is 1. The number of ether oxygens (including phenoxy) is 2. The van der Waals surface area contributed by atoms with Crippen LogP contribution in [0.1, 0.15) is 24.8 Å². The molecule has 80 valence electrons. The summed E-state index contributed by atoms with van der Waals surface area (Å²) in [6.45, 7) is 0.739. The minimum Gasteiger partial charge on any atom is -0.373 e. The molecule has 1 heterocycles. The van der Waals surface area contributed by atoms with Crippen LogP contribution in [0.5, 0.6) is 0 Å². The first kappa shape index (κ1) is 9.37. The van der Waals surface area contributed by atoms with E-state index in [-0.39, 0.29) is 0 Å². The van der Waals surface area contributed by atoms with Gasteiger partial charge in [-0.2, -0.15) is 0 Å². The third kappa shape index (κ3) is 2.21. The molecule has 2 heteroatoms. The Morgan fingerprint density at radius 3 is 2.80 bits per heavy atom. The molecule has 2 aliphatic rings. The number of hydrogen-bond acceptors (Lipinski definition) is 2. The van der Waals surface area contributed by atoms with Gasteiger partial charge in [0.05, 0.1) is 24.9 Å². The average molecular weight is 204 g/mol. The fourth-order valence-electron chi connectivity index (χ4n) is 2.31. The van der Waals surface area contributed by atoms with E-state index in [1.807, 2.05) is 6.07 Å². The van der Waals surface area contributed by atoms with E-state index < -0.39 is 0 Å². The predicted octanol–water partition coefficient (Wildman–Crippen LogP) is 2.52. The van der Waals surface area contributed by atoms with E-state index in [9.17, 15) is 0 Å². The smallest absolute Gasteiger partial charge is 0.0866 e. The summed E-state index contributed by atoms with van der Waals surface area (Å²) in [6.07, 6.45) is 4.94. The van der Waals surface area contributed by atoms with Gasteiger partial charge in [-0.1, -0.05) is 30.3 Å². The van der Waals surface area contributed by atoms with Crippen molar-refractivity contribution in [2.75, 3.05) is 0 Å². The first-order valence-electron chi connectivity index (χ1n) is 5.73. The molecular formula is C13H16O2. The van der Waals surface area contributed by atoms with Gasteiger partial charge in [0, 0.05) is 6.42 Å². The van der Waals surface area contributed by atoms with Crippen LogP contribution in [-0.2, 0) is 16.1 Å². The lowest BCUT2D eigenvalue weighted by molar-refractivity contribution is 0.0213. The van der Waals surface area contributed by atoms with E-state index in [2.05, 4.69) is 24.3 Å². The van der Waals surface area contributed by atoms with Gasteiger partial charge in [0.15, 0.2) is 0 Å². The monoisotopic (exact) mass is 204 g/mol. The third-order valence-corrected chi connectivity index (χ3v) is 3.28. The third-order valence-electron chi connectivity index (χ3n) is 3.28. The standard InChI is InChI=1S/C13H16O2/c1-2-4-10(5-3-1)9-14-11-6-7-12-13(8-11)15-12/h1-5,11-13H,6-9H2/t11-,12-,13+/m1/s1. The lowest BCUT2D eigenvalue weighted by Gasteiger charge is -2.19. The van der Waals surface area contributed by atoms with Crippen molar-refractivity contribution in [3.05, 3.63) is 35.9 Å². The van der Waals surface area contributed by atoms with Crippen molar-refractivity contribution in [1.29, 1.82) is 0 Å². The quantitative estimate of drug-likeness (QED) is 0.706. The average Bonchev–Trinajstić information content (AvgIpc) is 3.06. The summed E-state index contributed by atoms with van der Waals surface area (Å²) in [6, 6.07) is 10.4. The van der Waals surface area contributed by atoms with Crippen LogP contribution in [0.3, 0.4) is 0 Å². The maximum Gasteiger partial charge on any atom is 0.0866 e. The topological polar surface area (TPSA) is 21.8 Å². The number of hydrogen-bond donors (Lipinski definition) is 0. The molecule has 1 saturated heterocycles. The number of epoxide rings is 1. The van der Waals surface area contributed by atoms with Gasteiger partial charge in [0.25, 0.3) is 0 Å². The van der Waals surface area contributed by atoms with E-state index in [0.717, 1.165) is 19.4 Å². The van der Waals surface area contributed by atoms with Crippen LogP contribution in [0.15, 0.2) is 30.3 Å². The Balaban J connectivity index is 1.49. The van der Waals surface area contributed by atoms with Crippen molar-refractivity contribution in [2.45, 2.75) is 44.2 Å². The fraction of sp³-hybridized carbons (Fsp3) is 0.538. The van der Waals surface area contributed by atoms with Crippen LogP contribution in [0.25, 0.3) is 0 Å². The first-order chi connectivity index (χ1) is 7.42. The minimum absolute atomic E-state index is 0.411. The normalized spacial score (nSPS) is 33.5. The van der Waals surface area contributed by atoms with Gasteiger partial charge < -0.3 is 9.47 Å². The first-order valence-corrected chi connectivity index (χ1v) is 5.73. The summed E-state index contributed by atoms with van der Waals surface area (Å²) in [5, 5.41) is 0. The van der Waals surface area contributed by atoms with E-state index in [0.29, 0.717) is 18.3 Å². The van der Waals surface area contributed by atoms with Crippen LogP contribution in [0, 0.1) is 0 Å². The van der Waals surface area contributed by atoms with Crippen LogP contribution in [-0.4, -0.2) is 18.3 Å². The second-order valence-corrected chi connectivity index (χ2v) is 4.44. The highest BCUT2D eigenvalue weighted by Crippen LogP contribution is 2.37. The Bertz CT molecular complexity index is 323. The summed E-state index contributed by atoms with van der Waals surface area (Å²) in [4.78, 5) is 0. The molecule has 1 aliphatic carbocycles. The van der Waals surface area contributed by atoms with Crippen LogP contribution >= 0.6 is 0 Å². The molecule has 0 spiro atoms. The molecule has 2 fully saturated rings. The molecule has 3 atom stereocenters. The molecule has 1 aliphatic heterocycles. The Hall–Kier alpha value is -0.860. The summed E-state index contributed by atoms with van der Waals surface area (Å²) >= 11 is 0. The Morgan fingerprint density at radius 1 is 1.13 bits per heavy atom. The van der Waals surface area contributed by atoms with Gasteiger partial charge in [-0.15, -0.1) is 0 Å². The van der Waals surface area contributed by atoms with Gasteiger partial charge in [-0.3, -0.25) is 0 Å². The number of rotatable bonds is 3. The molecule has 0 N–H and O–H groups in total. The van der Waals surface area contributed by atoms with E-state index >= 15 is 0 Å². The lowest BCUT2D eigenvalue weighted by Crippen LogP contribution is -2.21. The summed E-state index contributed by atoms with van der Waals surface area (Å²) in [7, 11) is 0. The van der Waals surface area contributed by atoms with Gasteiger partial charge in [0.1, 0.15) is 0 Å². The lowest BCUT2D eigenvalue weighted by atomic mass is 9.98. The van der Waals surface area contributed by atoms with Crippen LogP contribution in [0.2, 0.25) is 0 Å². The van der Waals surface area contributed by atoms with E-state index in [1.165, 1.54) is 12.0 Å². The predicted molar refractivity (Wildman–Crippen MR) is 57.5 cm³/mol. The van der Waals surface area contributed by atoms with Crippen LogP contribution < -0.4 is 0 Å². The zero-order valence-corrected chi connectivity index (χ0v) is 8.76. The van der Waals surface area contributed by atoms with Crippen LogP contribution in [0.4, 0.5) is 0 Å². The summed E-state index contributed by atoms with van der Waals surface area (Å²) in [5.41, 5.74) is 1.26. The highest BCUT2D eigenvalue weighted by molar-refractivity contribution is 5.13. The SMILES string of the molecule is c1ccc(CO[C@@H]2CC[C@H]3O[C@H]3C2)cc1. The molecule has 2 nitrogen and oxygen atoms in total.